The van der Waals surface area contributed by atoms with Gasteiger partial charge in [-0.1, -0.05) is 36.4 Å². The maximum Gasteiger partial charge on any atom is 0.242 e. The van der Waals surface area contributed by atoms with Crippen molar-refractivity contribution in [2.75, 3.05) is 63.2 Å². The Labute approximate surface area is 230 Å². The summed E-state index contributed by atoms with van der Waals surface area (Å²) in [6, 6.07) is 25.4. The molecule has 8 nitrogen and oxygen atoms in total. The smallest absolute Gasteiger partial charge is 0.242 e. The van der Waals surface area contributed by atoms with Gasteiger partial charge in [-0.3, -0.25) is 9.59 Å². The average Bonchev–Trinajstić information content (AvgIpc) is 2.96. The molecule has 0 aliphatic carbocycles. The van der Waals surface area contributed by atoms with Gasteiger partial charge in [0.05, 0.1) is 20.2 Å². The van der Waals surface area contributed by atoms with Gasteiger partial charge in [-0.25, -0.2) is 0 Å². The summed E-state index contributed by atoms with van der Waals surface area (Å²) in [6.07, 6.45) is 0. The van der Waals surface area contributed by atoms with E-state index < -0.39 is 0 Å². The summed E-state index contributed by atoms with van der Waals surface area (Å²) in [5.74, 6) is 0.670. The van der Waals surface area contributed by atoms with Crippen LogP contribution in [0.5, 0.6) is 5.75 Å². The molecule has 2 amide bonds. The molecule has 8 heteroatoms. The number of amides is 2. The molecule has 5 rings (SSSR count). The molecule has 0 aromatic heterocycles. The number of nitrogens with zero attached hydrogens (tertiary/aromatic N) is 4. The Bertz CT molecular complexity index is 1290. The van der Waals surface area contributed by atoms with Crippen LogP contribution in [-0.2, 0) is 29.2 Å². The summed E-state index contributed by atoms with van der Waals surface area (Å²) in [7, 11) is 3.87. The van der Waals surface area contributed by atoms with Crippen LogP contribution in [0, 0.1) is 0 Å². The van der Waals surface area contributed by atoms with Crippen LogP contribution in [0.2, 0.25) is 0 Å². The summed E-state index contributed by atoms with van der Waals surface area (Å²) in [5.41, 5.74) is 5.78. The first-order valence-corrected chi connectivity index (χ1v) is 13.5. The number of anilines is 2. The maximum absolute atomic E-state index is 12.2. The van der Waals surface area contributed by atoms with E-state index in [4.69, 9.17) is 4.74 Å². The number of hydrogen-bond donors (Lipinski definition) is 1. The van der Waals surface area contributed by atoms with Gasteiger partial charge in [0.1, 0.15) is 5.75 Å². The highest BCUT2D eigenvalue weighted by Crippen LogP contribution is 2.25. The predicted octanol–water partition coefficient (Wildman–Crippen LogP) is 3.11. The van der Waals surface area contributed by atoms with E-state index in [1.165, 1.54) is 16.8 Å². The number of ether oxygens (including phenoxy) is 1. The van der Waals surface area contributed by atoms with Crippen molar-refractivity contribution in [3.8, 4) is 5.75 Å². The molecule has 0 radical (unpaired) electrons. The number of benzene rings is 3. The molecule has 0 bridgehead atoms. The van der Waals surface area contributed by atoms with Gasteiger partial charge in [0.25, 0.3) is 0 Å². The van der Waals surface area contributed by atoms with Crippen molar-refractivity contribution in [2.24, 2.45) is 0 Å². The molecule has 0 saturated carbocycles. The number of piperazine rings is 2. The lowest BCUT2D eigenvalue weighted by Crippen LogP contribution is -2.50. The number of methoxy groups -OCH3 is 1. The Hall–Kier alpha value is -4.04. The molecule has 2 heterocycles. The third-order valence-corrected chi connectivity index (χ3v) is 7.46. The van der Waals surface area contributed by atoms with E-state index in [1.54, 1.807) is 12.0 Å². The Kier molecular flexibility index (Phi) is 8.32. The van der Waals surface area contributed by atoms with Gasteiger partial charge in [-0.15, -0.1) is 0 Å². The number of rotatable bonds is 9. The van der Waals surface area contributed by atoms with Gasteiger partial charge < -0.3 is 29.7 Å². The fourth-order valence-electron chi connectivity index (χ4n) is 5.15. The van der Waals surface area contributed by atoms with Crippen LogP contribution in [0.15, 0.2) is 72.8 Å². The topological polar surface area (TPSA) is 68.4 Å². The standard InChI is InChI=1S/C31H37N5O3/c1-33-13-15-34(16-14-33)28-7-3-5-25(17-28)21-35(22-26-6-4-8-29(18-26)39-2)27-11-9-24(10-12-27)20-36-23-30(37)32-19-31(36)38/h3-12,17-18H,13-16,19-23H2,1-2H3,(H,32,37). The van der Waals surface area contributed by atoms with E-state index in [9.17, 15) is 9.59 Å². The van der Waals surface area contributed by atoms with Crippen LogP contribution in [0.4, 0.5) is 11.4 Å². The Morgan fingerprint density at radius 1 is 0.846 bits per heavy atom. The number of likely N-dealkylation sites (N-methyl/N-ethyl adjacent to an activating group) is 1. The third kappa shape index (κ3) is 6.89. The first-order valence-electron chi connectivity index (χ1n) is 13.5. The molecule has 2 aliphatic heterocycles. The molecule has 2 aliphatic rings. The van der Waals surface area contributed by atoms with Crippen LogP contribution in [0.1, 0.15) is 16.7 Å². The zero-order valence-corrected chi connectivity index (χ0v) is 22.8. The van der Waals surface area contributed by atoms with E-state index >= 15 is 0 Å². The lowest BCUT2D eigenvalue weighted by Gasteiger charge is -2.34. The maximum atomic E-state index is 12.2. The minimum Gasteiger partial charge on any atom is -0.497 e. The second kappa shape index (κ2) is 12.2. The average molecular weight is 528 g/mol. The molecule has 3 aromatic carbocycles. The van der Waals surface area contributed by atoms with E-state index in [2.05, 4.69) is 75.6 Å². The van der Waals surface area contributed by atoms with Crippen LogP contribution in [0.3, 0.4) is 0 Å². The minimum absolute atomic E-state index is 0.0569. The molecule has 0 unspecified atom stereocenters. The van der Waals surface area contributed by atoms with Crippen molar-refractivity contribution in [2.45, 2.75) is 19.6 Å². The monoisotopic (exact) mass is 527 g/mol. The van der Waals surface area contributed by atoms with Gasteiger partial charge in [-0.2, -0.15) is 0 Å². The Morgan fingerprint density at radius 2 is 1.54 bits per heavy atom. The van der Waals surface area contributed by atoms with Gasteiger partial charge in [0.2, 0.25) is 11.8 Å². The van der Waals surface area contributed by atoms with Crippen molar-refractivity contribution in [3.63, 3.8) is 0 Å². The first kappa shape index (κ1) is 26.6. The fourth-order valence-corrected chi connectivity index (χ4v) is 5.15. The van der Waals surface area contributed by atoms with Crippen molar-refractivity contribution < 1.29 is 14.3 Å². The Morgan fingerprint density at radius 3 is 2.26 bits per heavy atom. The van der Waals surface area contributed by atoms with Crippen molar-refractivity contribution in [3.05, 3.63) is 89.5 Å². The number of hydrogen-bond acceptors (Lipinski definition) is 6. The molecule has 39 heavy (non-hydrogen) atoms. The highest BCUT2D eigenvalue weighted by atomic mass is 16.5. The van der Waals surface area contributed by atoms with Gasteiger partial charge >= 0.3 is 0 Å². The summed E-state index contributed by atoms with van der Waals surface area (Å²) >= 11 is 0. The fraction of sp³-hybridized carbons (Fsp3) is 0.355. The molecule has 2 fully saturated rings. The zero-order chi connectivity index (χ0) is 27.2. The highest BCUT2D eigenvalue weighted by molar-refractivity contribution is 5.92. The summed E-state index contributed by atoms with van der Waals surface area (Å²) < 4.78 is 5.47. The quantitative estimate of drug-likeness (QED) is 0.461. The van der Waals surface area contributed by atoms with E-state index in [-0.39, 0.29) is 24.9 Å². The van der Waals surface area contributed by atoms with Crippen molar-refractivity contribution in [1.82, 2.24) is 15.1 Å². The van der Waals surface area contributed by atoms with Gasteiger partial charge in [0.15, 0.2) is 0 Å². The van der Waals surface area contributed by atoms with Crippen LogP contribution < -0.4 is 19.9 Å². The molecule has 2 saturated heterocycles. The van der Waals surface area contributed by atoms with Crippen LogP contribution in [-0.4, -0.2) is 75.0 Å². The third-order valence-electron chi connectivity index (χ3n) is 7.46. The Balaban J connectivity index is 1.36. The molecule has 0 atom stereocenters. The second-order valence-electron chi connectivity index (χ2n) is 10.4. The lowest BCUT2D eigenvalue weighted by molar-refractivity contribution is -0.141. The SMILES string of the molecule is COc1cccc(CN(Cc2cccc(N3CCN(C)CC3)c2)c2ccc(CN3CC(=O)NCC3=O)cc2)c1. The number of nitrogens with one attached hydrogen (secondary N) is 1. The van der Waals surface area contributed by atoms with Crippen molar-refractivity contribution in [1.29, 1.82) is 0 Å². The predicted molar refractivity (Wildman–Crippen MR) is 154 cm³/mol. The normalized spacial score (nSPS) is 16.3. The van der Waals surface area contributed by atoms with E-state index in [0.717, 1.165) is 56.3 Å². The summed E-state index contributed by atoms with van der Waals surface area (Å²) in [6.45, 7) is 6.30. The molecule has 204 valence electrons. The van der Waals surface area contributed by atoms with Gasteiger partial charge in [-0.05, 0) is 60.1 Å². The molecule has 3 aromatic rings. The summed E-state index contributed by atoms with van der Waals surface area (Å²) in [5, 5.41) is 2.60. The molecule has 0 spiro atoms. The lowest BCUT2D eigenvalue weighted by atomic mass is 10.1. The summed E-state index contributed by atoms with van der Waals surface area (Å²) in [4.78, 5) is 32.8. The molecule has 1 N–H and O–H groups in total. The van der Waals surface area contributed by atoms with E-state index in [1.807, 2.05) is 24.3 Å². The second-order valence-corrected chi connectivity index (χ2v) is 10.4. The highest BCUT2D eigenvalue weighted by Gasteiger charge is 2.23. The first-order chi connectivity index (χ1) is 19.0. The largest absolute Gasteiger partial charge is 0.497 e. The van der Waals surface area contributed by atoms with Crippen molar-refractivity contribution >= 4 is 23.2 Å². The van der Waals surface area contributed by atoms with Crippen LogP contribution >= 0.6 is 0 Å². The van der Waals surface area contributed by atoms with Gasteiger partial charge in [0, 0.05) is 57.2 Å². The molecular formula is C31H37N5O3. The molecular weight excluding hydrogens is 490 g/mol. The number of carbonyl (C=O) groups excluding carboxylic acids is 2. The zero-order valence-electron chi connectivity index (χ0n) is 22.8. The number of carbonyl (C=O) groups is 2. The van der Waals surface area contributed by atoms with Crippen LogP contribution in [0.25, 0.3) is 0 Å². The van der Waals surface area contributed by atoms with E-state index in [0.29, 0.717) is 6.54 Å². The minimum atomic E-state index is -0.116.